The van der Waals surface area contributed by atoms with E-state index in [1.165, 1.54) is 6.07 Å². The number of nitrogens with zero attached hydrogens (tertiary/aromatic N) is 1. The Bertz CT molecular complexity index is 968. The standard InChI is InChI=1S/C22H19FN2O/c1-26-22-12-5-2-9-17(22)21-14-20(15-7-6-8-16(23)13-15)24-18-10-3-4-11-19(18)25-21/h2-13,20,24H,14H2,1H3/t20-/m1/s1. The van der Waals surface area contributed by atoms with Crippen LogP contribution in [0.5, 0.6) is 5.75 Å². The minimum absolute atomic E-state index is 0.0852. The molecule has 0 bridgehead atoms. The maximum Gasteiger partial charge on any atom is 0.127 e. The summed E-state index contributed by atoms with van der Waals surface area (Å²) >= 11 is 0. The average molecular weight is 346 g/mol. The molecule has 0 saturated heterocycles. The molecule has 3 aromatic rings. The van der Waals surface area contributed by atoms with Crippen molar-refractivity contribution in [1.29, 1.82) is 0 Å². The van der Waals surface area contributed by atoms with Crippen molar-refractivity contribution in [3.05, 3.63) is 89.7 Å². The van der Waals surface area contributed by atoms with Crippen molar-refractivity contribution < 1.29 is 9.13 Å². The van der Waals surface area contributed by atoms with Gasteiger partial charge in [0.1, 0.15) is 11.6 Å². The maximum atomic E-state index is 13.8. The van der Waals surface area contributed by atoms with E-state index in [1.807, 2.05) is 54.6 Å². The largest absolute Gasteiger partial charge is 0.496 e. The molecule has 1 aliphatic heterocycles. The van der Waals surface area contributed by atoms with Crippen LogP contribution >= 0.6 is 0 Å². The van der Waals surface area contributed by atoms with Crippen LogP contribution in [0, 0.1) is 5.82 Å². The van der Waals surface area contributed by atoms with Crippen LogP contribution < -0.4 is 10.1 Å². The van der Waals surface area contributed by atoms with Gasteiger partial charge in [0.05, 0.1) is 30.2 Å². The molecule has 1 heterocycles. The van der Waals surface area contributed by atoms with Gasteiger partial charge in [-0.2, -0.15) is 0 Å². The first-order valence-electron chi connectivity index (χ1n) is 8.56. The second-order valence-corrected chi connectivity index (χ2v) is 6.23. The minimum Gasteiger partial charge on any atom is -0.496 e. The van der Waals surface area contributed by atoms with Crippen molar-refractivity contribution in [2.75, 3.05) is 12.4 Å². The minimum atomic E-state index is -0.238. The first-order chi connectivity index (χ1) is 12.7. The molecule has 4 rings (SSSR count). The highest BCUT2D eigenvalue weighted by Crippen LogP contribution is 2.36. The Labute approximate surface area is 152 Å². The lowest BCUT2D eigenvalue weighted by Gasteiger charge is -2.20. The van der Waals surface area contributed by atoms with Crippen LogP contribution in [0.1, 0.15) is 23.6 Å². The summed E-state index contributed by atoms with van der Waals surface area (Å²) in [5.74, 6) is 0.543. The fourth-order valence-corrected chi connectivity index (χ4v) is 3.29. The van der Waals surface area contributed by atoms with Crippen LogP contribution in [0.15, 0.2) is 77.8 Å². The van der Waals surface area contributed by atoms with Gasteiger partial charge in [0.15, 0.2) is 0 Å². The van der Waals surface area contributed by atoms with Gasteiger partial charge in [-0.1, -0.05) is 36.4 Å². The van der Waals surface area contributed by atoms with E-state index in [0.717, 1.165) is 34.0 Å². The third kappa shape index (κ3) is 3.18. The number of benzene rings is 3. The maximum absolute atomic E-state index is 13.8. The predicted octanol–water partition coefficient (Wildman–Crippen LogP) is 5.51. The Hall–Kier alpha value is -3.14. The molecule has 1 N–H and O–H groups in total. The summed E-state index contributed by atoms with van der Waals surface area (Å²) in [7, 11) is 1.66. The van der Waals surface area contributed by atoms with Gasteiger partial charge in [-0.3, -0.25) is 4.99 Å². The van der Waals surface area contributed by atoms with Crippen molar-refractivity contribution in [3.63, 3.8) is 0 Å². The Morgan fingerprint density at radius 3 is 2.65 bits per heavy atom. The number of ether oxygens (including phenoxy) is 1. The third-order valence-corrected chi connectivity index (χ3v) is 4.56. The summed E-state index contributed by atoms with van der Waals surface area (Å²) in [4.78, 5) is 4.90. The first kappa shape index (κ1) is 16.3. The van der Waals surface area contributed by atoms with Crippen LogP contribution in [0.3, 0.4) is 0 Å². The molecule has 0 spiro atoms. The van der Waals surface area contributed by atoms with E-state index >= 15 is 0 Å². The van der Waals surface area contributed by atoms with Gasteiger partial charge in [0.25, 0.3) is 0 Å². The van der Waals surface area contributed by atoms with Crippen LogP contribution in [0.4, 0.5) is 15.8 Å². The topological polar surface area (TPSA) is 33.6 Å². The number of halogens is 1. The molecule has 0 unspecified atom stereocenters. The molecular formula is C22H19FN2O. The summed E-state index contributed by atoms with van der Waals surface area (Å²) in [6.45, 7) is 0. The Morgan fingerprint density at radius 1 is 1.00 bits per heavy atom. The van der Waals surface area contributed by atoms with Gasteiger partial charge < -0.3 is 10.1 Å². The van der Waals surface area contributed by atoms with E-state index in [1.54, 1.807) is 19.2 Å². The van der Waals surface area contributed by atoms with E-state index < -0.39 is 0 Å². The quantitative estimate of drug-likeness (QED) is 0.678. The zero-order chi connectivity index (χ0) is 17.9. The summed E-state index contributed by atoms with van der Waals surface area (Å²) in [6, 6.07) is 22.4. The second-order valence-electron chi connectivity index (χ2n) is 6.23. The molecule has 0 amide bonds. The number of methoxy groups -OCH3 is 1. The number of anilines is 1. The van der Waals surface area contributed by atoms with Crippen molar-refractivity contribution in [2.24, 2.45) is 4.99 Å². The van der Waals surface area contributed by atoms with Crippen molar-refractivity contribution in [3.8, 4) is 5.75 Å². The molecule has 26 heavy (non-hydrogen) atoms. The Morgan fingerprint density at radius 2 is 1.81 bits per heavy atom. The lowest BCUT2D eigenvalue weighted by Crippen LogP contribution is -2.15. The first-order valence-corrected chi connectivity index (χ1v) is 8.56. The van der Waals surface area contributed by atoms with Gasteiger partial charge in [0, 0.05) is 12.0 Å². The van der Waals surface area contributed by atoms with E-state index in [-0.39, 0.29) is 11.9 Å². The SMILES string of the molecule is COc1ccccc1C1=Nc2ccccc2N[C@@H](c2cccc(F)c2)C1. The molecule has 1 aliphatic rings. The highest BCUT2D eigenvalue weighted by molar-refractivity contribution is 6.06. The molecule has 0 fully saturated rings. The monoisotopic (exact) mass is 346 g/mol. The van der Waals surface area contributed by atoms with Crippen molar-refractivity contribution in [1.82, 2.24) is 0 Å². The Balaban J connectivity index is 1.83. The van der Waals surface area contributed by atoms with E-state index in [0.29, 0.717) is 6.42 Å². The number of aliphatic imine (C=N–C) groups is 1. The summed E-state index contributed by atoms with van der Waals surface area (Å²) in [6.07, 6.45) is 0.624. The van der Waals surface area contributed by atoms with Gasteiger partial charge >= 0.3 is 0 Å². The highest BCUT2D eigenvalue weighted by atomic mass is 19.1. The smallest absolute Gasteiger partial charge is 0.127 e. The molecule has 0 aromatic heterocycles. The zero-order valence-electron chi connectivity index (χ0n) is 14.4. The van der Waals surface area contributed by atoms with Crippen LogP contribution in [-0.4, -0.2) is 12.8 Å². The van der Waals surface area contributed by atoms with Crippen molar-refractivity contribution in [2.45, 2.75) is 12.5 Å². The van der Waals surface area contributed by atoms with E-state index in [2.05, 4.69) is 5.32 Å². The zero-order valence-corrected chi connectivity index (χ0v) is 14.4. The van der Waals surface area contributed by atoms with Gasteiger partial charge in [-0.05, 0) is 42.0 Å². The Kier molecular flexibility index (Phi) is 4.40. The van der Waals surface area contributed by atoms with Gasteiger partial charge in [-0.25, -0.2) is 4.39 Å². The van der Waals surface area contributed by atoms with Gasteiger partial charge in [0.2, 0.25) is 0 Å². The van der Waals surface area contributed by atoms with Crippen LogP contribution in [0.25, 0.3) is 0 Å². The molecule has 3 aromatic carbocycles. The average Bonchev–Trinajstić information content (AvgIpc) is 2.87. The summed E-state index contributed by atoms with van der Waals surface area (Å²) in [5.41, 5.74) is 4.56. The van der Waals surface area contributed by atoms with Crippen LogP contribution in [-0.2, 0) is 0 Å². The molecule has 1 atom stereocenters. The summed E-state index contributed by atoms with van der Waals surface area (Å²) in [5, 5.41) is 3.52. The number of para-hydroxylation sites is 3. The normalized spacial score (nSPS) is 16.1. The molecule has 0 aliphatic carbocycles. The van der Waals surface area contributed by atoms with Gasteiger partial charge in [-0.15, -0.1) is 0 Å². The summed E-state index contributed by atoms with van der Waals surface area (Å²) < 4.78 is 19.3. The lowest BCUT2D eigenvalue weighted by molar-refractivity contribution is 0.414. The number of hydrogen-bond donors (Lipinski definition) is 1. The highest BCUT2D eigenvalue weighted by Gasteiger charge is 2.22. The number of rotatable bonds is 3. The number of fused-ring (bicyclic) bond motifs is 1. The lowest BCUT2D eigenvalue weighted by atomic mass is 9.96. The molecular weight excluding hydrogens is 327 g/mol. The van der Waals surface area contributed by atoms with Crippen LogP contribution in [0.2, 0.25) is 0 Å². The molecule has 0 saturated carbocycles. The molecule has 0 radical (unpaired) electrons. The number of hydrogen-bond acceptors (Lipinski definition) is 3. The van der Waals surface area contributed by atoms with Crippen molar-refractivity contribution >= 4 is 17.1 Å². The van der Waals surface area contributed by atoms with E-state index in [4.69, 9.17) is 9.73 Å². The molecule has 4 heteroatoms. The number of nitrogens with one attached hydrogen (secondary N) is 1. The fraction of sp³-hybridized carbons (Fsp3) is 0.136. The second kappa shape index (κ2) is 7.00. The predicted molar refractivity (Wildman–Crippen MR) is 103 cm³/mol. The fourth-order valence-electron chi connectivity index (χ4n) is 3.29. The third-order valence-electron chi connectivity index (χ3n) is 4.56. The molecule has 130 valence electrons. The van der Waals surface area contributed by atoms with E-state index in [9.17, 15) is 4.39 Å². The molecule has 3 nitrogen and oxygen atoms in total.